The number of halogens is 2. The highest BCUT2D eigenvalue weighted by Gasteiger charge is 2.24. The molecule has 0 saturated carbocycles. The van der Waals surface area contributed by atoms with Gasteiger partial charge in [0.1, 0.15) is 5.82 Å². The van der Waals surface area contributed by atoms with Gasteiger partial charge in [-0.3, -0.25) is 0 Å². The quantitative estimate of drug-likeness (QED) is 0.920. The van der Waals surface area contributed by atoms with Crippen molar-refractivity contribution in [2.24, 2.45) is 0 Å². The van der Waals surface area contributed by atoms with Crippen molar-refractivity contribution in [2.75, 3.05) is 18.1 Å². The Balaban J connectivity index is 2.01. The van der Waals surface area contributed by atoms with Crippen molar-refractivity contribution in [3.63, 3.8) is 0 Å². The predicted molar refractivity (Wildman–Crippen MR) is 68.2 cm³/mol. The summed E-state index contributed by atoms with van der Waals surface area (Å²) in [6.45, 7) is 0.656. The van der Waals surface area contributed by atoms with Gasteiger partial charge < -0.3 is 9.84 Å². The van der Waals surface area contributed by atoms with Gasteiger partial charge in [0.05, 0.1) is 23.8 Å². The van der Waals surface area contributed by atoms with Crippen molar-refractivity contribution < 1.29 is 14.2 Å². The molecule has 0 radical (unpaired) electrons. The maximum absolute atomic E-state index is 13.2. The Bertz CT molecular complexity index is 383. The third kappa shape index (κ3) is 3.35. The fraction of sp³-hybridized carbons (Fsp3) is 0.500. The summed E-state index contributed by atoms with van der Waals surface area (Å²) in [4.78, 5) is 0. The van der Waals surface area contributed by atoms with E-state index in [0.29, 0.717) is 18.6 Å². The van der Waals surface area contributed by atoms with Crippen LogP contribution < -0.4 is 0 Å². The van der Waals surface area contributed by atoms with Crippen LogP contribution in [0.5, 0.6) is 0 Å². The van der Waals surface area contributed by atoms with Crippen LogP contribution in [0.15, 0.2) is 18.2 Å². The van der Waals surface area contributed by atoms with Crippen LogP contribution in [0.1, 0.15) is 5.56 Å². The van der Waals surface area contributed by atoms with Gasteiger partial charge in [-0.25, -0.2) is 4.39 Å². The van der Waals surface area contributed by atoms with Crippen molar-refractivity contribution in [3.05, 3.63) is 34.6 Å². The van der Waals surface area contributed by atoms with Gasteiger partial charge in [0.2, 0.25) is 0 Å². The zero-order valence-corrected chi connectivity index (χ0v) is 10.8. The van der Waals surface area contributed by atoms with E-state index in [-0.39, 0.29) is 11.1 Å². The molecule has 2 nitrogen and oxygen atoms in total. The second-order valence-corrected chi connectivity index (χ2v) is 5.50. The second-order valence-electron chi connectivity index (χ2n) is 3.97. The number of benzene rings is 1. The molecule has 2 rings (SSSR count). The molecule has 94 valence electrons. The minimum atomic E-state index is -0.637. The van der Waals surface area contributed by atoms with Gasteiger partial charge in [0.15, 0.2) is 0 Å². The Kier molecular flexibility index (Phi) is 4.68. The zero-order chi connectivity index (χ0) is 12.3. The van der Waals surface area contributed by atoms with Crippen LogP contribution in [0.3, 0.4) is 0 Å². The van der Waals surface area contributed by atoms with E-state index in [2.05, 4.69) is 0 Å². The first-order valence-electron chi connectivity index (χ1n) is 5.49. The smallest absolute Gasteiger partial charge is 0.142 e. The first-order valence-corrected chi connectivity index (χ1v) is 7.02. The molecule has 0 bridgehead atoms. The molecule has 1 aliphatic heterocycles. The Morgan fingerprint density at radius 1 is 1.59 bits per heavy atom. The van der Waals surface area contributed by atoms with Crippen LogP contribution in [0.25, 0.3) is 0 Å². The minimum absolute atomic E-state index is 0.0926. The number of aliphatic hydroxyl groups excluding tert-OH is 1. The van der Waals surface area contributed by atoms with Crippen LogP contribution in [0, 0.1) is 5.82 Å². The minimum Gasteiger partial charge on any atom is -0.390 e. The molecule has 1 aromatic carbocycles. The molecule has 0 amide bonds. The summed E-state index contributed by atoms with van der Waals surface area (Å²) in [6.07, 6.45) is -0.503. The van der Waals surface area contributed by atoms with Gasteiger partial charge in [0, 0.05) is 17.9 Å². The fourth-order valence-electron chi connectivity index (χ4n) is 1.79. The maximum atomic E-state index is 13.2. The van der Waals surface area contributed by atoms with E-state index < -0.39 is 11.9 Å². The summed E-state index contributed by atoms with van der Waals surface area (Å²) in [7, 11) is 0. The van der Waals surface area contributed by atoms with Crippen molar-refractivity contribution in [1.29, 1.82) is 0 Å². The van der Waals surface area contributed by atoms with Crippen LogP contribution in [0.4, 0.5) is 4.39 Å². The Morgan fingerprint density at radius 3 is 3.12 bits per heavy atom. The molecule has 1 saturated heterocycles. The van der Waals surface area contributed by atoms with E-state index in [1.807, 2.05) is 0 Å². The number of hydrogen-bond acceptors (Lipinski definition) is 3. The molecular weight excluding hydrogens is 263 g/mol. The van der Waals surface area contributed by atoms with E-state index in [1.54, 1.807) is 23.9 Å². The first-order chi connectivity index (χ1) is 8.18. The van der Waals surface area contributed by atoms with Crippen molar-refractivity contribution >= 4 is 23.4 Å². The van der Waals surface area contributed by atoms with Crippen molar-refractivity contribution in [1.82, 2.24) is 0 Å². The molecule has 5 heteroatoms. The molecule has 1 aliphatic rings. The summed E-state index contributed by atoms with van der Waals surface area (Å²) < 4.78 is 18.7. The van der Waals surface area contributed by atoms with Crippen molar-refractivity contribution in [2.45, 2.75) is 18.6 Å². The van der Waals surface area contributed by atoms with E-state index in [1.165, 1.54) is 6.07 Å². The molecule has 17 heavy (non-hydrogen) atoms. The Labute approximate surface area is 109 Å². The molecule has 0 spiro atoms. The fourth-order valence-corrected chi connectivity index (χ4v) is 2.93. The average molecular weight is 277 g/mol. The van der Waals surface area contributed by atoms with Crippen LogP contribution >= 0.6 is 23.4 Å². The Morgan fingerprint density at radius 2 is 2.41 bits per heavy atom. The lowest BCUT2D eigenvalue weighted by atomic mass is 10.0. The molecule has 1 N–H and O–H groups in total. The van der Waals surface area contributed by atoms with Gasteiger partial charge in [0.25, 0.3) is 0 Å². The van der Waals surface area contributed by atoms with E-state index in [4.69, 9.17) is 16.3 Å². The number of ether oxygens (including phenoxy) is 1. The average Bonchev–Trinajstić information content (AvgIpc) is 2.36. The molecule has 0 aliphatic carbocycles. The zero-order valence-electron chi connectivity index (χ0n) is 9.23. The Hall–Kier alpha value is -0.290. The van der Waals surface area contributed by atoms with E-state index in [9.17, 15) is 9.50 Å². The molecule has 0 aromatic heterocycles. The summed E-state index contributed by atoms with van der Waals surface area (Å²) in [5.41, 5.74) is 0.623. The van der Waals surface area contributed by atoms with E-state index >= 15 is 0 Å². The van der Waals surface area contributed by atoms with Crippen LogP contribution in [-0.2, 0) is 11.2 Å². The van der Waals surface area contributed by atoms with Gasteiger partial charge in [-0.15, -0.1) is 0 Å². The number of aliphatic hydroxyl groups is 1. The standard InChI is InChI=1S/C12H14ClFO2S/c13-12-8(2-1-3-9(12)14)6-10(15)11-7-17-5-4-16-11/h1-3,10-11,15H,4-7H2. The summed E-state index contributed by atoms with van der Waals surface area (Å²) >= 11 is 7.60. The molecule has 1 heterocycles. The number of rotatable bonds is 3. The third-order valence-electron chi connectivity index (χ3n) is 2.73. The SMILES string of the molecule is OC(Cc1cccc(F)c1Cl)C1CSCCO1. The van der Waals surface area contributed by atoms with Crippen LogP contribution in [-0.4, -0.2) is 35.4 Å². The van der Waals surface area contributed by atoms with Gasteiger partial charge in [-0.1, -0.05) is 23.7 Å². The lowest BCUT2D eigenvalue weighted by Gasteiger charge is -2.27. The molecule has 2 unspecified atom stereocenters. The highest BCUT2D eigenvalue weighted by molar-refractivity contribution is 7.99. The maximum Gasteiger partial charge on any atom is 0.142 e. The lowest BCUT2D eigenvalue weighted by molar-refractivity contribution is -0.0208. The molecular formula is C12H14ClFO2S. The highest BCUT2D eigenvalue weighted by Crippen LogP contribution is 2.23. The van der Waals surface area contributed by atoms with E-state index in [0.717, 1.165) is 11.5 Å². The van der Waals surface area contributed by atoms with Gasteiger partial charge in [-0.2, -0.15) is 11.8 Å². The predicted octanol–water partition coefficient (Wildman–Crippen LogP) is 2.51. The lowest BCUT2D eigenvalue weighted by Crippen LogP contribution is -2.36. The second kappa shape index (κ2) is 6.05. The normalized spacial score (nSPS) is 22.4. The summed E-state index contributed by atoms with van der Waals surface area (Å²) in [6, 6.07) is 4.63. The highest BCUT2D eigenvalue weighted by atomic mass is 35.5. The van der Waals surface area contributed by atoms with Gasteiger partial charge >= 0.3 is 0 Å². The summed E-state index contributed by atoms with van der Waals surface area (Å²) in [5.74, 6) is 1.29. The number of thioether (sulfide) groups is 1. The molecule has 1 fully saturated rings. The first kappa shape index (κ1) is 13.1. The topological polar surface area (TPSA) is 29.5 Å². The summed E-state index contributed by atoms with van der Waals surface area (Å²) in [5, 5.41) is 10.1. The number of hydrogen-bond donors (Lipinski definition) is 1. The third-order valence-corrected chi connectivity index (χ3v) is 4.17. The molecule has 1 aromatic rings. The van der Waals surface area contributed by atoms with Gasteiger partial charge in [-0.05, 0) is 11.6 Å². The van der Waals surface area contributed by atoms with Crippen LogP contribution in [0.2, 0.25) is 5.02 Å². The largest absolute Gasteiger partial charge is 0.390 e. The van der Waals surface area contributed by atoms with Crippen molar-refractivity contribution in [3.8, 4) is 0 Å². The molecule has 2 atom stereocenters. The monoisotopic (exact) mass is 276 g/mol.